The van der Waals surface area contributed by atoms with Crippen LogP contribution in [0.2, 0.25) is 0 Å². The first-order valence-corrected chi connectivity index (χ1v) is 7.75. The summed E-state index contributed by atoms with van der Waals surface area (Å²) in [5.41, 5.74) is 3.52. The lowest BCUT2D eigenvalue weighted by atomic mass is 10.2. The Balaban J connectivity index is 1.44. The number of hydrogen-bond donors (Lipinski definition) is 2. The van der Waals surface area contributed by atoms with Crippen molar-refractivity contribution in [2.75, 3.05) is 0 Å². The summed E-state index contributed by atoms with van der Waals surface area (Å²) in [6.45, 7) is 0.368. The van der Waals surface area contributed by atoms with Crippen LogP contribution in [0.4, 0.5) is 0 Å². The maximum absolute atomic E-state index is 12.3. The molecule has 0 unspecified atom stereocenters. The normalized spacial score (nSPS) is 10.8. The molecule has 2 aromatic carbocycles. The minimum absolute atomic E-state index is 0.116. The molecule has 0 saturated heterocycles. The van der Waals surface area contributed by atoms with Gasteiger partial charge in [-0.1, -0.05) is 12.1 Å². The molecule has 0 aliphatic carbocycles. The van der Waals surface area contributed by atoms with Gasteiger partial charge in [0.05, 0.1) is 17.6 Å². The number of imidazole rings is 1. The van der Waals surface area contributed by atoms with Crippen molar-refractivity contribution < 1.29 is 4.79 Å². The van der Waals surface area contributed by atoms with Crippen LogP contribution in [0.25, 0.3) is 16.7 Å². The number of carbonyl (C=O) groups is 1. The number of carbonyl (C=O) groups excluding carboxylic acids is 1. The number of nitrogens with zero attached hydrogens (tertiary/aromatic N) is 2. The Labute approximate surface area is 139 Å². The molecule has 1 amide bonds. The van der Waals surface area contributed by atoms with Gasteiger partial charge in [0.1, 0.15) is 5.82 Å². The smallest absolute Gasteiger partial charge is 0.251 e. The minimum Gasteiger partial charge on any atom is -0.345 e. The molecule has 0 spiro atoms. The minimum atomic E-state index is -0.116. The van der Waals surface area contributed by atoms with Gasteiger partial charge in [0, 0.05) is 23.6 Å². The molecular formula is C19H16N4O. The Morgan fingerprint density at radius 2 is 1.75 bits per heavy atom. The van der Waals surface area contributed by atoms with Crippen LogP contribution in [0.5, 0.6) is 0 Å². The first-order valence-electron chi connectivity index (χ1n) is 7.75. The van der Waals surface area contributed by atoms with Gasteiger partial charge in [0.25, 0.3) is 5.91 Å². The number of rotatable bonds is 4. The van der Waals surface area contributed by atoms with Crippen LogP contribution < -0.4 is 5.32 Å². The Morgan fingerprint density at radius 3 is 2.50 bits per heavy atom. The summed E-state index contributed by atoms with van der Waals surface area (Å²) in [5.74, 6) is 0.628. The number of H-pyrrole nitrogens is 1. The molecule has 0 aliphatic rings. The maximum atomic E-state index is 12.3. The van der Waals surface area contributed by atoms with Gasteiger partial charge in [-0.2, -0.15) is 0 Å². The van der Waals surface area contributed by atoms with Crippen LogP contribution in [-0.2, 0) is 6.54 Å². The van der Waals surface area contributed by atoms with E-state index in [9.17, 15) is 4.79 Å². The standard InChI is InChI=1S/C19H16N4O/c24-19(14-7-9-15(10-8-14)23-11-3-4-12-23)20-13-18-21-16-5-1-2-6-17(16)22-18/h1-12H,13H2,(H,20,24)(H,21,22). The molecule has 2 N–H and O–H groups in total. The van der Waals surface area contributed by atoms with E-state index in [-0.39, 0.29) is 5.91 Å². The fourth-order valence-electron chi connectivity index (χ4n) is 2.65. The lowest BCUT2D eigenvalue weighted by molar-refractivity contribution is 0.0950. The van der Waals surface area contributed by atoms with Crippen molar-refractivity contribution in [3.05, 3.63) is 84.4 Å². The van der Waals surface area contributed by atoms with E-state index in [1.54, 1.807) is 0 Å². The second kappa shape index (κ2) is 6.04. The number of hydrogen-bond acceptors (Lipinski definition) is 2. The van der Waals surface area contributed by atoms with Crippen molar-refractivity contribution in [1.29, 1.82) is 0 Å². The number of aromatic amines is 1. The average molecular weight is 316 g/mol. The van der Waals surface area contributed by atoms with Crippen LogP contribution in [-0.4, -0.2) is 20.4 Å². The SMILES string of the molecule is O=C(NCc1nc2ccccc2[nH]1)c1ccc(-n2cccc2)cc1. The van der Waals surface area contributed by atoms with Crippen LogP contribution >= 0.6 is 0 Å². The Kier molecular flexibility index (Phi) is 3.59. The second-order valence-electron chi connectivity index (χ2n) is 5.52. The van der Waals surface area contributed by atoms with E-state index in [1.807, 2.05) is 77.6 Å². The van der Waals surface area contributed by atoms with Crippen molar-refractivity contribution in [1.82, 2.24) is 19.9 Å². The number of amides is 1. The monoisotopic (exact) mass is 316 g/mol. The molecule has 4 aromatic rings. The molecule has 0 bridgehead atoms. The maximum Gasteiger partial charge on any atom is 0.251 e. The Hall–Kier alpha value is -3.34. The first kappa shape index (κ1) is 14.3. The summed E-state index contributed by atoms with van der Waals surface area (Å²) in [4.78, 5) is 19.9. The van der Waals surface area contributed by atoms with E-state index in [0.29, 0.717) is 12.1 Å². The van der Waals surface area contributed by atoms with Crippen molar-refractivity contribution in [3.63, 3.8) is 0 Å². The average Bonchev–Trinajstić information content (AvgIpc) is 3.29. The Bertz CT molecular complexity index is 935. The van der Waals surface area contributed by atoms with E-state index in [2.05, 4.69) is 15.3 Å². The number of fused-ring (bicyclic) bond motifs is 1. The largest absolute Gasteiger partial charge is 0.345 e. The van der Waals surface area contributed by atoms with Crippen LogP contribution in [0.1, 0.15) is 16.2 Å². The number of benzene rings is 2. The predicted octanol–water partition coefficient (Wildman–Crippen LogP) is 3.28. The zero-order chi connectivity index (χ0) is 16.4. The predicted molar refractivity (Wildman–Crippen MR) is 93.0 cm³/mol. The number of aromatic nitrogens is 3. The highest BCUT2D eigenvalue weighted by Crippen LogP contribution is 2.12. The van der Waals surface area contributed by atoms with E-state index in [0.717, 1.165) is 22.5 Å². The molecular weight excluding hydrogens is 300 g/mol. The molecule has 0 aliphatic heterocycles. The summed E-state index contributed by atoms with van der Waals surface area (Å²) >= 11 is 0. The molecule has 2 aromatic heterocycles. The third-order valence-corrected chi connectivity index (χ3v) is 3.89. The van der Waals surface area contributed by atoms with Crippen LogP contribution in [0.15, 0.2) is 73.1 Å². The highest BCUT2D eigenvalue weighted by molar-refractivity contribution is 5.94. The summed E-state index contributed by atoms with van der Waals surface area (Å²) in [5, 5.41) is 2.89. The van der Waals surface area contributed by atoms with Gasteiger partial charge >= 0.3 is 0 Å². The zero-order valence-electron chi connectivity index (χ0n) is 12.9. The van der Waals surface area contributed by atoms with E-state index in [1.165, 1.54) is 0 Å². The summed E-state index contributed by atoms with van der Waals surface area (Å²) in [6.07, 6.45) is 3.94. The lowest BCUT2D eigenvalue weighted by Crippen LogP contribution is -2.23. The topological polar surface area (TPSA) is 62.7 Å². The van der Waals surface area contributed by atoms with E-state index < -0.39 is 0 Å². The molecule has 2 heterocycles. The van der Waals surface area contributed by atoms with Gasteiger partial charge < -0.3 is 14.9 Å². The number of para-hydroxylation sites is 2. The summed E-state index contributed by atoms with van der Waals surface area (Å²) in [6, 6.07) is 19.2. The van der Waals surface area contributed by atoms with Gasteiger partial charge in [0.2, 0.25) is 0 Å². The van der Waals surface area contributed by atoms with Gasteiger partial charge in [-0.05, 0) is 48.5 Å². The molecule has 0 fully saturated rings. The molecule has 5 heteroatoms. The van der Waals surface area contributed by atoms with Gasteiger partial charge in [0.15, 0.2) is 0 Å². The van der Waals surface area contributed by atoms with Gasteiger partial charge in [-0.3, -0.25) is 4.79 Å². The number of nitrogens with one attached hydrogen (secondary N) is 2. The summed E-state index contributed by atoms with van der Waals surface area (Å²) in [7, 11) is 0. The molecule has 24 heavy (non-hydrogen) atoms. The zero-order valence-corrected chi connectivity index (χ0v) is 12.9. The van der Waals surface area contributed by atoms with Crippen molar-refractivity contribution in [3.8, 4) is 5.69 Å². The Morgan fingerprint density at radius 1 is 1.00 bits per heavy atom. The molecule has 118 valence electrons. The first-order chi connectivity index (χ1) is 11.8. The fraction of sp³-hybridized carbons (Fsp3) is 0.0526. The van der Waals surface area contributed by atoms with Gasteiger partial charge in [-0.15, -0.1) is 0 Å². The second-order valence-corrected chi connectivity index (χ2v) is 5.52. The van der Waals surface area contributed by atoms with Crippen LogP contribution in [0.3, 0.4) is 0 Å². The lowest BCUT2D eigenvalue weighted by Gasteiger charge is -2.06. The highest BCUT2D eigenvalue weighted by Gasteiger charge is 2.07. The third kappa shape index (κ3) is 2.79. The molecule has 0 saturated carbocycles. The van der Waals surface area contributed by atoms with E-state index >= 15 is 0 Å². The highest BCUT2D eigenvalue weighted by atomic mass is 16.1. The molecule has 4 rings (SSSR count). The molecule has 0 radical (unpaired) electrons. The van der Waals surface area contributed by atoms with Crippen molar-refractivity contribution >= 4 is 16.9 Å². The molecule has 5 nitrogen and oxygen atoms in total. The molecule has 0 atom stereocenters. The van der Waals surface area contributed by atoms with Crippen LogP contribution in [0, 0.1) is 0 Å². The van der Waals surface area contributed by atoms with Crippen molar-refractivity contribution in [2.24, 2.45) is 0 Å². The van der Waals surface area contributed by atoms with Crippen molar-refractivity contribution in [2.45, 2.75) is 6.54 Å². The fourth-order valence-corrected chi connectivity index (χ4v) is 2.65. The quantitative estimate of drug-likeness (QED) is 0.607. The van der Waals surface area contributed by atoms with Gasteiger partial charge in [-0.25, -0.2) is 4.98 Å². The third-order valence-electron chi connectivity index (χ3n) is 3.89. The summed E-state index contributed by atoms with van der Waals surface area (Å²) < 4.78 is 2.00. The van der Waals surface area contributed by atoms with E-state index in [4.69, 9.17) is 0 Å².